The number of hydrogen-bond acceptors (Lipinski definition) is 5. The molecule has 0 unspecified atom stereocenters. The number of nitrogens with zero attached hydrogens (tertiary/aromatic N) is 3. The van der Waals surface area contributed by atoms with E-state index in [0.29, 0.717) is 23.6 Å². The fourth-order valence-electron chi connectivity index (χ4n) is 1.77. The topological polar surface area (TPSA) is 88.9 Å². The second-order valence-corrected chi connectivity index (χ2v) is 5.93. The highest BCUT2D eigenvalue weighted by atomic mass is 32.2. The fraction of sp³-hybridized carbons (Fsp3) is 0.333. The molecule has 0 bridgehead atoms. The summed E-state index contributed by atoms with van der Waals surface area (Å²) in [5.41, 5.74) is 1.20. The highest BCUT2D eigenvalue weighted by molar-refractivity contribution is 7.92. The summed E-state index contributed by atoms with van der Waals surface area (Å²) in [6.07, 6.45) is 3.61. The second kappa shape index (κ2) is 5.49. The molecule has 0 fully saturated rings. The summed E-state index contributed by atoms with van der Waals surface area (Å²) >= 11 is 0. The van der Waals surface area contributed by atoms with Crippen molar-refractivity contribution in [2.24, 2.45) is 7.05 Å². The van der Waals surface area contributed by atoms with E-state index >= 15 is 0 Å². The van der Waals surface area contributed by atoms with Gasteiger partial charge in [0.15, 0.2) is 0 Å². The number of aromatic nitrogens is 3. The lowest BCUT2D eigenvalue weighted by Gasteiger charge is -2.07. The van der Waals surface area contributed by atoms with Gasteiger partial charge in [-0.1, -0.05) is 6.92 Å². The molecule has 8 heteroatoms. The monoisotopic (exact) mass is 295 g/mol. The molecular weight excluding hydrogens is 278 g/mol. The van der Waals surface area contributed by atoms with Crippen molar-refractivity contribution >= 4 is 21.5 Å². The highest BCUT2D eigenvalue weighted by Crippen LogP contribution is 2.19. The van der Waals surface area contributed by atoms with E-state index in [-0.39, 0.29) is 4.90 Å². The molecule has 108 valence electrons. The van der Waals surface area contributed by atoms with Gasteiger partial charge in [-0.25, -0.2) is 13.4 Å². The van der Waals surface area contributed by atoms with Crippen molar-refractivity contribution in [3.8, 4) is 0 Å². The van der Waals surface area contributed by atoms with E-state index in [2.05, 4.69) is 20.1 Å². The number of rotatable bonds is 5. The Kier molecular flexibility index (Phi) is 3.93. The normalized spacial score (nSPS) is 11.3. The van der Waals surface area contributed by atoms with Crippen molar-refractivity contribution in [3.63, 3.8) is 0 Å². The smallest absolute Gasteiger partial charge is 0.263 e. The molecule has 0 atom stereocenters. The van der Waals surface area contributed by atoms with Crippen molar-refractivity contribution < 1.29 is 8.42 Å². The van der Waals surface area contributed by atoms with E-state index in [0.717, 1.165) is 0 Å². The minimum atomic E-state index is -3.65. The highest BCUT2D eigenvalue weighted by Gasteiger charge is 2.17. The molecule has 0 aromatic carbocycles. The van der Waals surface area contributed by atoms with Crippen LogP contribution < -0.4 is 10.0 Å². The average molecular weight is 295 g/mol. The van der Waals surface area contributed by atoms with Gasteiger partial charge in [-0.2, -0.15) is 5.10 Å². The molecule has 0 aliphatic rings. The lowest BCUT2D eigenvalue weighted by Crippen LogP contribution is -2.14. The minimum Gasteiger partial charge on any atom is -0.373 e. The van der Waals surface area contributed by atoms with Crippen molar-refractivity contribution in [1.29, 1.82) is 0 Å². The SMILES string of the molecule is CCc1nn(C)cc1NS(=O)(=O)c1ccc(NC)nc1. The van der Waals surface area contributed by atoms with Gasteiger partial charge in [-0.3, -0.25) is 9.40 Å². The Morgan fingerprint density at radius 3 is 2.65 bits per heavy atom. The quantitative estimate of drug-likeness (QED) is 0.865. The van der Waals surface area contributed by atoms with Gasteiger partial charge in [-0.05, 0) is 18.6 Å². The van der Waals surface area contributed by atoms with Crippen LogP contribution in [0.5, 0.6) is 0 Å². The van der Waals surface area contributed by atoms with E-state index in [9.17, 15) is 8.42 Å². The molecular formula is C12H17N5O2S. The zero-order valence-electron chi connectivity index (χ0n) is 11.6. The number of hydrogen-bond donors (Lipinski definition) is 2. The van der Waals surface area contributed by atoms with Crippen LogP contribution in [0.2, 0.25) is 0 Å². The molecule has 2 aromatic rings. The summed E-state index contributed by atoms with van der Waals surface area (Å²) in [5, 5.41) is 7.04. The van der Waals surface area contributed by atoms with Crippen LogP contribution in [-0.2, 0) is 23.5 Å². The summed E-state index contributed by atoms with van der Waals surface area (Å²) in [7, 11) is -0.181. The lowest BCUT2D eigenvalue weighted by molar-refractivity contribution is 0.601. The van der Waals surface area contributed by atoms with Crippen LogP contribution >= 0.6 is 0 Å². The van der Waals surface area contributed by atoms with Gasteiger partial charge in [0.1, 0.15) is 10.7 Å². The third-order valence-electron chi connectivity index (χ3n) is 2.79. The fourth-order valence-corrected chi connectivity index (χ4v) is 2.79. The lowest BCUT2D eigenvalue weighted by atomic mass is 10.3. The summed E-state index contributed by atoms with van der Waals surface area (Å²) in [6, 6.07) is 3.11. The van der Waals surface area contributed by atoms with Crippen molar-refractivity contribution in [1.82, 2.24) is 14.8 Å². The first-order valence-electron chi connectivity index (χ1n) is 6.15. The molecule has 7 nitrogen and oxygen atoms in total. The first kappa shape index (κ1) is 14.3. The largest absolute Gasteiger partial charge is 0.373 e. The van der Waals surface area contributed by atoms with Gasteiger partial charge >= 0.3 is 0 Å². The summed E-state index contributed by atoms with van der Waals surface area (Å²) in [5.74, 6) is 0.611. The van der Waals surface area contributed by atoms with Crippen molar-refractivity contribution in [2.75, 3.05) is 17.1 Å². The van der Waals surface area contributed by atoms with Crippen LogP contribution in [0.4, 0.5) is 11.5 Å². The molecule has 0 amide bonds. The zero-order valence-corrected chi connectivity index (χ0v) is 12.4. The Bertz CT molecular complexity index is 691. The second-order valence-electron chi connectivity index (χ2n) is 4.25. The predicted octanol–water partition coefficient (Wildman–Crippen LogP) is 1.22. The number of sulfonamides is 1. The third kappa shape index (κ3) is 2.90. The summed E-state index contributed by atoms with van der Waals surface area (Å²) in [4.78, 5) is 4.12. The van der Waals surface area contributed by atoms with Crippen LogP contribution in [0.25, 0.3) is 0 Å². The first-order chi connectivity index (χ1) is 9.46. The van der Waals surface area contributed by atoms with Gasteiger partial charge in [0.05, 0.1) is 11.4 Å². The van der Waals surface area contributed by atoms with E-state index in [1.807, 2.05) is 6.92 Å². The maximum Gasteiger partial charge on any atom is 0.263 e. The Balaban J connectivity index is 2.30. The standard InChI is InChI=1S/C12H17N5O2S/c1-4-10-11(8-17(3)15-10)16-20(18,19)9-5-6-12(13-2)14-7-9/h5-8,16H,4H2,1-3H3,(H,13,14). The van der Waals surface area contributed by atoms with E-state index < -0.39 is 10.0 Å². The zero-order chi connectivity index (χ0) is 14.8. The molecule has 0 saturated carbocycles. The molecule has 0 aliphatic heterocycles. The molecule has 0 aliphatic carbocycles. The Hall–Kier alpha value is -2.09. The van der Waals surface area contributed by atoms with Gasteiger partial charge in [0.25, 0.3) is 10.0 Å². The van der Waals surface area contributed by atoms with Crippen LogP contribution in [0, 0.1) is 0 Å². The summed E-state index contributed by atoms with van der Waals surface area (Å²) < 4.78 is 28.7. The number of nitrogens with one attached hydrogen (secondary N) is 2. The van der Waals surface area contributed by atoms with Crippen LogP contribution in [0.15, 0.2) is 29.4 Å². The van der Waals surface area contributed by atoms with Gasteiger partial charge in [0, 0.05) is 26.5 Å². The summed E-state index contributed by atoms with van der Waals surface area (Å²) in [6.45, 7) is 1.92. The van der Waals surface area contributed by atoms with E-state index in [1.54, 1.807) is 31.0 Å². The van der Waals surface area contributed by atoms with E-state index in [4.69, 9.17) is 0 Å². The molecule has 2 N–H and O–H groups in total. The number of pyridine rings is 1. The van der Waals surface area contributed by atoms with E-state index in [1.165, 1.54) is 12.3 Å². The van der Waals surface area contributed by atoms with Gasteiger partial charge < -0.3 is 5.32 Å². The molecule has 0 radical (unpaired) electrons. The van der Waals surface area contributed by atoms with Crippen molar-refractivity contribution in [2.45, 2.75) is 18.2 Å². The van der Waals surface area contributed by atoms with Gasteiger partial charge in [-0.15, -0.1) is 0 Å². The molecule has 2 rings (SSSR count). The van der Waals surface area contributed by atoms with Crippen LogP contribution in [0.1, 0.15) is 12.6 Å². The Labute approximate surface area is 118 Å². The first-order valence-corrected chi connectivity index (χ1v) is 7.63. The molecule has 20 heavy (non-hydrogen) atoms. The molecule has 2 aromatic heterocycles. The van der Waals surface area contributed by atoms with Crippen molar-refractivity contribution in [3.05, 3.63) is 30.2 Å². The van der Waals surface area contributed by atoms with Crippen LogP contribution in [0.3, 0.4) is 0 Å². The molecule has 2 heterocycles. The average Bonchev–Trinajstić information content (AvgIpc) is 2.78. The maximum atomic E-state index is 12.3. The van der Waals surface area contributed by atoms with Gasteiger partial charge in [0.2, 0.25) is 0 Å². The Morgan fingerprint density at radius 1 is 1.35 bits per heavy atom. The molecule has 0 saturated heterocycles. The Morgan fingerprint density at radius 2 is 2.10 bits per heavy atom. The van der Waals surface area contributed by atoms with Crippen LogP contribution in [-0.4, -0.2) is 30.2 Å². The third-order valence-corrected chi connectivity index (χ3v) is 4.14. The number of aryl methyl sites for hydroxylation is 2. The minimum absolute atomic E-state index is 0.113. The number of anilines is 2. The predicted molar refractivity (Wildman–Crippen MR) is 77.2 cm³/mol. The molecule has 0 spiro atoms. The maximum absolute atomic E-state index is 12.3.